The van der Waals surface area contributed by atoms with Crippen LogP contribution >= 0.6 is 11.8 Å². The molecule has 136 valence electrons. The second-order valence-corrected chi connectivity index (χ2v) is 8.74. The maximum absolute atomic E-state index is 13.4. The summed E-state index contributed by atoms with van der Waals surface area (Å²) in [5.74, 6) is -1.35. The summed E-state index contributed by atoms with van der Waals surface area (Å²) in [7, 11) is 0. The smallest absolute Gasteiger partial charge is 0.268 e. The third-order valence-electron chi connectivity index (χ3n) is 6.07. The highest BCUT2D eigenvalue weighted by molar-refractivity contribution is 8.01. The van der Waals surface area contributed by atoms with Crippen LogP contribution in [0.3, 0.4) is 0 Å². The van der Waals surface area contributed by atoms with E-state index in [1.54, 1.807) is 17.0 Å². The third-order valence-corrected chi connectivity index (χ3v) is 7.30. The van der Waals surface area contributed by atoms with Crippen LogP contribution in [0.2, 0.25) is 0 Å². The van der Waals surface area contributed by atoms with E-state index in [2.05, 4.69) is 0 Å². The van der Waals surface area contributed by atoms with Gasteiger partial charge in [-0.25, -0.2) is 4.90 Å². The Morgan fingerprint density at radius 1 is 1.12 bits per heavy atom. The van der Waals surface area contributed by atoms with Crippen molar-refractivity contribution in [2.24, 2.45) is 11.8 Å². The number of hydrogen-bond acceptors (Lipinski definition) is 5. The van der Waals surface area contributed by atoms with Gasteiger partial charge < -0.3 is 9.64 Å². The van der Waals surface area contributed by atoms with Gasteiger partial charge in [0.25, 0.3) is 5.91 Å². The van der Waals surface area contributed by atoms with Crippen molar-refractivity contribution in [3.63, 3.8) is 0 Å². The zero-order valence-corrected chi connectivity index (χ0v) is 15.3. The van der Waals surface area contributed by atoms with Crippen LogP contribution in [0.5, 0.6) is 0 Å². The normalized spacial score (nSPS) is 38.1. The van der Waals surface area contributed by atoms with Gasteiger partial charge in [0.2, 0.25) is 16.7 Å². The van der Waals surface area contributed by atoms with Crippen molar-refractivity contribution in [2.75, 3.05) is 17.2 Å². The zero-order valence-electron chi connectivity index (χ0n) is 14.5. The van der Waals surface area contributed by atoms with Crippen LogP contribution < -0.4 is 4.90 Å². The molecule has 4 aliphatic rings. The van der Waals surface area contributed by atoms with Crippen LogP contribution in [-0.4, -0.2) is 45.6 Å². The Bertz CT molecular complexity index is 815. The first-order chi connectivity index (χ1) is 12.6. The first-order valence-electron chi connectivity index (χ1n) is 9.16. The highest BCUT2D eigenvalue weighted by Gasteiger charge is 2.82. The molecule has 0 aromatic heterocycles. The SMILES string of the molecule is CCSC12OC3(CCCCN3C1=O)C1C(=O)N(c3ccccc3)C(=O)C12. The fourth-order valence-corrected chi connectivity index (χ4v) is 6.45. The summed E-state index contributed by atoms with van der Waals surface area (Å²) in [5, 5.41) is 0. The Morgan fingerprint density at radius 3 is 2.58 bits per heavy atom. The van der Waals surface area contributed by atoms with Crippen molar-refractivity contribution in [1.29, 1.82) is 0 Å². The molecule has 4 aliphatic heterocycles. The van der Waals surface area contributed by atoms with Gasteiger partial charge in [-0.2, -0.15) is 0 Å². The van der Waals surface area contributed by atoms with E-state index < -0.39 is 22.5 Å². The van der Waals surface area contributed by atoms with Gasteiger partial charge in [-0.3, -0.25) is 14.4 Å². The fourth-order valence-electron chi connectivity index (χ4n) is 5.16. The van der Waals surface area contributed by atoms with Crippen molar-refractivity contribution in [3.05, 3.63) is 30.3 Å². The molecule has 0 saturated carbocycles. The van der Waals surface area contributed by atoms with E-state index in [0.717, 1.165) is 12.8 Å². The molecule has 4 heterocycles. The maximum Gasteiger partial charge on any atom is 0.268 e. The highest BCUT2D eigenvalue weighted by atomic mass is 32.2. The Balaban J connectivity index is 1.66. The Morgan fingerprint density at radius 2 is 1.85 bits per heavy atom. The van der Waals surface area contributed by atoms with Gasteiger partial charge in [0.05, 0.1) is 5.69 Å². The Hall–Kier alpha value is -1.86. The lowest BCUT2D eigenvalue weighted by Crippen LogP contribution is -2.61. The van der Waals surface area contributed by atoms with Crippen molar-refractivity contribution in [3.8, 4) is 0 Å². The number of carbonyl (C=O) groups is 3. The van der Waals surface area contributed by atoms with Gasteiger partial charge >= 0.3 is 0 Å². The van der Waals surface area contributed by atoms with Crippen molar-refractivity contribution >= 4 is 35.2 Å². The lowest BCUT2D eigenvalue weighted by Gasteiger charge is -2.43. The number of carbonyl (C=O) groups excluding carboxylic acids is 3. The van der Waals surface area contributed by atoms with E-state index >= 15 is 0 Å². The molecule has 0 radical (unpaired) electrons. The van der Waals surface area contributed by atoms with Crippen LogP contribution in [0.1, 0.15) is 26.2 Å². The van der Waals surface area contributed by atoms with Gasteiger partial charge in [0, 0.05) is 6.54 Å². The second-order valence-electron chi connectivity index (χ2n) is 7.26. The molecule has 4 unspecified atom stereocenters. The minimum Gasteiger partial charge on any atom is -0.327 e. The lowest BCUT2D eigenvalue weighted by atomic mass is 9.76. The molecule has 5 rings (SSSR count). The topological polar surface area (TPSA) is 66.9 Å². The number of amides is 3. The molecule has 3 amide bonds. The molecule has 4 atom stereocenters. The summed E-state index contributed by atoms with van der Waals surface area (Å²) < 4.78 is 6.37. The van der Waals surface area contributed by atoms with Crippen LogP contribution in [0.25, 0.3) is 0 Å². The number of piperidine rings is 2. The molecule has 26 heavy (non-hydrogen) atoms. The Labute approximate surface area is 155 Å². The van der Waals surface area contributed by atoms with E-state index in [9.17, 15) is 14.4 Å². The molecule has 0 N–H and O–H groups in total. The minimum atomic E-state index is -1.25. The van der Waals surface area contributed by atoms with Crippen molar-refractivity contribution in [1.82, 2.24) is 4.90 Å². The maximum atomic E-state index is 13.4. The quantitative estimate of drug-likeness (QED) is 0.759. The number of ether oxygens (including phenoxy) is 1. The number of para-hydroxylation sites is 1. The fraction of sp³-hybridized carbons (Fsp3) is 0.526. The van der Waals surface area contributed by atoms with Gasteiger partial charge in [-0.05, 0) is 37.1 Å². The minimum absolute atomic E-state index is 0.124. The molecule has 2 bridgehead atoms. The number of nitrogens with zero attached hydrogens (tertiary/aromatic N) is 2. The third kappa shape index (κ3) is 1.71. The van der Waals surface area contributed by atoms with Crippen molar-refractivity contribution < 1.29 is 19.1 Å². The van der Waals surface area contributed by atoms with E-state index in [0.29, 0.717) is 24.4 Å². The number of hydrogen-bond donors (Lipinski definition) is 0. The van der Waals surface area contributed by atoms with Gasteiger partial charge in [-0.15, -0.1) is 11.8 Å². The number of rotatable bonds is 3. The average molecular weight is 372 g/mol. The molecule has 1 aromatic carbocycles. The van der Waals surface area contributed by atoms with Crippen LogP contribution in [-0.2, 0) is 19.1 Å². The van der Waals surface area contributed by atoms with Crippen molar-refractivity contribution in [2.45, 2.75) is 36.8 Å². The Kier molecular flexibility index (Phi) is 3.35. The zero-order chi connectivity index (χ0) is 18.1. The molecule has 1 spiro atoms. The molecule has 6 nitrogen and oxygen atoms in total. The number of fused-ring (bicyclic) bond motifs is 3. The number of thioether (sulfide) groups is 1. The first kappa shape index (κ1) is 16.3. The summed E-state index contributed by atoms with van der Waals surface area (Å²) in [6, 6.07) is 8.99. The summed E-state index contributed by atoms with van der Waals surface area (Å²) in [6.45, 7) is 2.55. The number of benzene rings is 1. The summed E-state index contributed by atoms with van der Waals surface area (Å²) in [4.78, 5) is 41.7. The summed E-state index contributed by atoms with van der Waals surface area (Å²) in [6.07, 6.45) is 2.42. The molecular formula is C19H20N2O4S. The largest absolute Gasteiger partial charge is 0.327 e. The molecule has 0 aliphatic carbocycles. The van der Waals surface area contributed by atoms with E-state index in [1.807, 2.05) is 25.1 Å². The molecule has 1 aromatic rings. The van der Waals surface area contributed by atoms with Gasteiger partial charge in [0.1, 0.15) is 11.8 Å². The second kappa shape index (κ2) is 5.33. The van der Waals surface area contributed by atoms with Crippen LogP contribution in [0.4, 0.5) is 5.69 Å². The number of imide groups is 1. The standard InChI is InChI=1S/C19H20N2O4S/c1-2-26-19-14-13(18(25-19)10-6-7-11-20(18)17(19)24)15(22)21(16(14)23)12-8-4-3-5-9-12/h3-5,8-9,13-14H,2,6-7,10-11H2,1H3. The van der Waals surface area contributed by atoms with E-state index in [4.69, 9.17) is 4.74 Å². The molecule has 4 fully saturated rings. The van der Waals surface area contributed by atoms with Crippen LogP contribution in [0, 0.1) is 11.8 Å². The monoisotopic (exact) mass is 372 g/mol. The number of anilines is 1. The van der Waals surface area contributed by atoms with E-state index in [-0.39, 0.29) is 17.7 Å². The highest BCUT2D eigenvalue weighted by Crippen LogP contribution is 2.65. The van der Waals surface area contributed by atoms with Gasteiger partial charge in [-0.1, -0.05) is 25.1 Å². The molecule has 4 saturated heterocycles. The predicted molar refractivity (Wildman–Crippen MR) is 96.2 cm³/mol. The lowest BCUT2D eigenvalue weighted by molar-refractivity contribution is -0.155. The first-order valence-corrected chi connectivity index (χ1v) is 10.1. The van der Waals surface area contributed by atoms with Gasteiger partial charge in [0.15, 0.2) is 5.72 Å². The van der Waals surface area contributed by atoms with E-state index in [1.165, 1.54) is 16.7 Å². The predicted octanol–water partition coefficient (Wildman–Crippen LogP) is 1.99. The molecule has 7 heteroatoms. The average Bonchev–Trinajstić information content (AvgIpc) is 3.18. The summed E-state index contributed by atoms with van der Waals surface area (Å²) in [5.41, 5.74) is -0.377. The molecular weight excluding hydrogens is 352 g/mol. The summed E-state index contributed by atoms with van der Waals surface area (Å²) >= 11 is 1.36. The van der Waals surface area contributed by atoms with Crippen LogP contribution in [0.15, 0.2) is 30.3 Å².